The number of hydrogen-bond acceptors (Lipinski definition) is 8. The topological polar surface area (TPSA) is 132 Å². The van der Waals surface area contributed by atoms with Gasteiger partial charge in [0.1, 0.15) is 36.2 Å². The first-order valence-corrected chi connectivity index (χ1v) is 11.4. The number of ether oxygens (including phenoxy) is 3. The number of nitriles is 1. The molecule has 5 atom stereocenters. The number of nitrogens with zero attached hydrogens (tertiary/aromatic N) is 1. The van der Waals surface area contributed by atoms with Gasteiger partial charge in [-0.3, -0.25) is 0 Å². The van der Waals surface area contributed by atoms with Crippen LogP contribution in [0.1, 0.15) is 48.6 Å². The Morgan fingerprint density at radius 2 is 1.74 bits per heavy atom. The van der Waals surface area contributed by atoms with Crippen LogP contribution in [0.2, 0.25) is 0 Å². The summed E-state index contributed by atoms with van der Waals surface area (Å²) in [4.78, 5) is 0. The van der Waals surface area contributed by atoms with Crippen LogP contribution in [0.3, 0.4) is 0 Å². The highest BCUT2D eigenvalue weighted by Gasteiger charge is 2.55. The van der Waals surface area contributed by atoms with Crippen LogP contribution in [-0.4, -0.2) is 64.7 Å². The normalized spacial score (nSPS) is 26.9. The van der Waals surface area contributed by atoms with Crippen molar-refractivity contribution >= 4 is 0 Å². The van der Waals surface area contributed by atoms with E-state index >= 15 is 0 Å². The summed E-state index contributed by atoms with van der Waals surface area (Å²) in [5, 5.41) is 51.3. The lowest BCUT2D eigenvalue weighted by Gasteiger charge is -2.47. The van der Waals surface area contributed by atoms with E-state index in [4.69, 9.17) is 14.2 Å². The average molecular weight is 472 g/mol. The molecule has 0 spiro atoms. The molecular formula is C26H33NO7. The maximum Gasteiger partial charge on any atom is 0.224 e. The van der Waals surface area contributed by atoms with E-state index in [1.165, 1.54) is 18.7 Å². The fourth-order valence-corrected chi connectivity index (χ4v) is 4.27. The molecule has 4 N–H and O–H groups in total. The lowest BCUT2D eigenvalue weighted by atomic mass is 9.85. The molecule has 8 heteroatoms. The molecule has 2 aromatic rings. The van der Waals surface area contributed by atoms with Crippen LogP contribution in [0.15, 0.2) is 36.4 Å². The van der Waals surface area contributed by atoms with Gasteiger partial charge in [0.05, 0.1) is 18.3 Å². The van der Waals surface area contributed by atoms with Crippen LogP contribution >= 0.6 is 0 Å². The van der Waals surface area contributed by atoms with Gasteiger partial charge in [-0.15, -0.1) is 0 Å². The molecule has 184 valence electrons. The van der Waals surface area contributed by atoms with E-state index in [9.17, 15) is 25.7 Å². The number of aryl methyl sites for hydroxylation is 1. The van der Waals surface area contributed by atoms with Crippen LogP contribution in [0.4, 0.5) is 0 Å². The van der Waals surface area contributed by atoms with Gasteiger partial charge < -0.3 is 34.6 Å². The van der Waals surface area contributed by atoms with Crippen molar-refractivity contribution in [1.29, 1.82) is 5.26 Å². The second-order valence-corrected chi connectivity index (χ2v) is 8.77. The Balaban J connectivity index is 2.17. The Bertz CT molecular complexity index is 1020. The molecule has 1 aliphatic heterocycles. The molecule has 1 heterocycles. The second kappa shape index (κ2) is 10.8. The molecule has 2 aromatic carbocycles. The Labute approximate surface area is 200 Å². The maximum absolute atomic E-state index is 10.9. The number of benzene rings is 2. The molecule has 0 saturated carbocycles. The molecule has 0 amide bonds. The lowest BCUT2D eigenvalue weighted by Crippen LogP contribution is -2.64. The Kier molecular flexibility index (Phi) is 8.31. The minimum absolute atomic E-state index is 0.243. The summed E-state index contributed by atoms with van der Waals surface area (Å²) < 4.78 is 17.4. The van der Waals surface area contributed by atoms with E-state index < -0.39 is 36.8 Å². The Morgan fingerprint density at radius 1 is 1.09 bits per heavy atom. The van der Waals surface area contributed by atoms with Gasteiger partial charge in [-0.05, 0) is 55.5 Å². The fourth-order valence-electron chi connectivity index (χ4n) is 4.27. The highest BCUT2D eigenvalue weighted by molar-refractivity contribution is 5.54. The Hall–Kier alpha value is -2.51. The summed E-state index contributed by atoms with van der Waals surface area (Å²) in [6.45, 7) is 5.14. The summed E-state index contributed by atoms with van der Waals surface area (Å²) >= 11 is 0. The molecule has 1 fully saturated rings. The fraction of sp³-hybridized carbons (Fsp3) is 0.500. The first-order valence-electron chi connectivity index (χ1n) is 11.4. The van der Waals surface area contributed by atoms with Gasteiger partial charge in [0.2, 0.25) is 5.79 Å². The number of aliphatic hydroxyl groups is 4. The quantitative estimate of drug-likeness (QED) is 0.458. The largest absolute Gasteiger partial charge is 0.490 e. The molecule has 0 aliphatic carbocycles. The Morgan fingerprint density at radius 3 is 2.26 bits per heavy atom. The van der Waals surface area contributed by atoms with E-state index in [0.717, 1.165) is 12.0 Å². The molecule has 8 nitrogen and oxygen atoms in total. The lowest BCUT2D eigenvalue weighted by molar-refractivity contribution is -0.366. The number of rotatable bonds is 8. The minimum atomic E-state index is -1.91. The first kappa shape index (κ1) is 26.1. The van der Waals surface area contributed by atoms with Crippen molar-refractivity contribution in [3.8, 4) is 11.8 Å². The van der Waals surface area contributed by atoms with Gasteiger partial charge in [-0.2, -0.15) is 5.26 Å². The van der Waals surface area contributed by atoms with Crippen LogP contribution in [0, 0.1) is 11.3 Å². The van der Waals surface area contributed by atoms with Crippen molar-refractivity contribution in [2.24, 2.45) is 0 Å². The van der Waals surface area contributed by atoms with Crippen molar-refractivity contribution in [3.63, 3.8) is 0 Å². The summed E-state index contributed by atoms with van der Waals surface area (Å²) in [6.07, 6.45) is -4.95. The van der Waals surface area contributed by atoms with Crippen molar-refractivity contribution in [2.45, 2.75) is 69.9 Å². The zero-order valence-corrected chi connectivity index (χ0v) is 19.9. The highest BCUT2D eigenvalue weighted by Crippen LogP contribution is 2.42. The molecule has 0 aromatic heterocycles. The van der Waals surface area contributed by atoms with E-state index in [1.807, 2.05) is 38.1 Å². The number of methoxy groups -OCH3 is 1. The summed E-state index contributed by atoms with van der Waals surface area (Å²) in [7, 11) is 1.30. The van der Waals surface area contributed by atoms with E-state index in [2.05, 4.69) is 13.0 Å². The van der Waals surface area contributed by atoms with Gasteiger partial charge in [0.25, 0.3) is 0 Å². The predicted octanol–water partition coefficient (Wildman–Crippen LogP) is 1.77. The van der Waals surface area contributed by atoms with Crippen LogP contribution in [-0.2, 0) is 28.1 Å². The third-order valence-electron chi connectivity index (χ3n) is 6.14. The monoisotopic (exact) mass is 471 g/mol. The first-order chi connectivity index (χ1) is 16.2. The second-order valence-electron chi connectivity index (χ2n) is 8.77. The third kappa shape index (κ3) is 4.96. The predicted molar refractivity (Wildman–Crippen MR) is 124 cm³/mol. The SMILES string of the molecule is CCc1ccc(Cc2cc([C@]3(OC)O[C@H](CO)[C@@H](O)[C@H](O)[C@H]3O)cc(OC(C)C)c2C#N)cc1. The molecular weight excluding hydrogens is 438 g/mol. The van der Waals surface area contributed by atoms with Crippen molar-refractivity contribution in [1.82, 2.24) is 0 Å². The van der Waals surface area contributed by atoms with E-state index in [-0.39, 0.29) is 11.9 Å². The van der Waals surface area contributed by atoms with Crippen LogP contribution in [0.5, 0.6) is 5.75 Å². The van der Waals surface area contributed by atoms with Crippen LogP contribution < -0.4 is 4.74 Å². The minimum Gasteiger partial charge on any atom is -0.490 e. The van der Waals surface area contributed by atoms with Gasteiger partial charge in [0, 0.05) is 12.7 Å². The van der Waals surface area contributed by atoms with Crippen molar-refractivity contribution < 1.29 is 34.6 Å². The van der Waals surface area contributed by atoms with Gasteiger partial charge >= 0.3 is 0 Å². The molecule has 0 radical (unpaired) electrons. The van der Waals surface area contributed by atoms with Crippen LogP contribution in [0.25, 0.3) is 0 Å². The summed E-state index contributed by atoms with van der Waals surface area (Å²) in [5.41, 5.74) is 3.42. The van der Waals surface area contributed by atoms with Crippen molar-refractivity contribution in [3.05, 3.63) is 64.2 Å². The van der Waals surface area contributed by atoms with Gasteiger partial charge in [-0.25, -0.2) is 0 Å². The molecule has 34 heavy (non-hydrogen) atoms. The molecule has 1 saturated heterocycles. The number of aliphatic hydroxyl groups excluding tert-OH is 4. The molecule has 0 bridgehead atoms. The maximum atomic E-state index is 10.9. The van der Waals surface area contributed by atoms with Crippen molar-refractivity contribution in [2.75, 3.05) is 13.7 Å². The zero-order valence-electron chi connectivity index (χ0n) is 19.9. The standard InChI is InChI=1S/C26H33NO7/c1-5-16-6-8-17(9-7-16)10-18-11-19(12-21(20(18)13-27)33-15(2)3)26(32-4)25(31)24(30)23(29)22(14-28)34-26/h6-9,11-12,15,22-25,28-31H,5,10,14H2,1-4H3/t22-,23-,24+,25-,26+/m1/s1. The summed E-state index contributed by atoms with van der Waals surface area (Å²) in [5.74, 6) is -1.63. The summed E-state index contributed by atoms with van der Waals surface area (Å²) in [6, 6.07) is 13.5. The van der Waals surface area contributed by atoms with Gasteiger partial charge in [-0.1, -0.05) is 31.2 Å². The third-order valence-corrected chi connectivity index (χ3v) is 6.14. The van der Waals surface area contributed by atoms with Gasteiger partial charge in [0.15, 0.2) is 0 Å². The van der Waals surface area contributed by atoms with E-state index in [0.29, 0.717) is 23.1 Å². The molecule has 3 rings (SSSR count). The number of hydrogen-bond donors (Lipinski definition) is 4. The zero-order chi connectivity index (χ0) is 25.0. The molecule has 0 unspecified atom stereocenters. The highest BCUT2D eigenvalue weighted by atomic mass is 16.7. The smallest absolute Gasteiger partial charge is 0.224 e. The average Bonchev–Trinajstić information content (AvgIpc) is 2.83. The van der Waals surface area contributed by atoms with E-state index in [1.54, 1.807) is 6.07 Å². The molecule has 1 aliphatic rings.